The van der Waals surface area contributed by atoms with Crippen LogP contribution in [0.1, 0.15) is 31.5 Å². The number of benzene rings is 2. The third-order valence-corrected chi connectivity index (χ3v) is 6.17. The van der Waals surface area contributed by atoms with Crippen LogP contribution in [0.25, 0.3) is 10.9 Å². The molecule has 0 bridgehead atoms. The van der Waals surface area contributed by atoms with Crippen molar-refractivity contribution in [3.05, 3.63) is 65.9 Å². The van der Waals surface area contributed by atoms with E-state index in [0.717, 1.165) is 22.2 Å². The molecule has 1 aliphatic rings. The molecule has 2 aromatic carbocycles. The van der Waals surface area contributed by atoms with Gasteiger partial charge in [-0.3, -0.25) is 9.59 Å². The maximum Gasteiger partial charge on any atom is 0.413 e. The minimum absolute atomic E-state index is 0.202. The van der Waals surface area contributed by atoms with Gasteiger partial charge in [0, 0.05) is 23.0 Å². The Labute approximate surface area is 191 Å². The summed E-state index contributed by atoms with van der Waals surface area (Å²) in [5.74, 6) is -0.914. The lowest BCUT2D eigenvalue weighted by atomic mass is 9.78. The van der Waals surface area contributed by atoms with Crippen molar-refractivity contribution < 1.29 is 19.1 Å². The van der Waals surface area contributed by atoms with Crippen LogP contribution in [-0.2, 0) is 22.4 Å². The van der Waals surface area contributed by atoms with Crippen LogP contribution < -0.4 is 21.1 Å². The van der Waals surface area contributed by atoms with Crippen molar-refractivity contribution in [1.82, 2.24) is 15.6 Å². The minimum Gasteiger partial charge on any atom is -0.410 e. The zero-order chi connectivity index (χ0) is 23.6. The van der Waals surface area contributed by atoms with Crippen molar-refractivity contribution in [3.8, 4) is 5.75 Å². The highest BCUT2D eigenvalue weighted by Crippen LogP contribution is 2.34. The average molecular weight is 449 g/mol. The Kier molecular flexibility index (Phi) is 6.09. The molecule has 0 saturated carbocycles. The Hall–Kier alpha value is -3.81. The zero-order valence-electron chi connectivity index (χ0n) is 18.7. The quantitative estimate of drug-likeness (QED) is 0.462. The van der Waals surface area contributed by atoms with Crippen LogP contribution in [0.2, 0.25) is 0 Å². The van der Waals surface area contributed by atoms with E-state index in [0.29, 0.717) is 18.6 Å². The lowest BCUT2D eigenvalue weighted by Gasteiger charge is -2.37. The summed E-state index contributed by atoms with van der Waals surface area (Å²) in [7, 11) is 0. The van der Waals surface area contributed by atoms with Crippen molar-refractivity contribution in [2.24, 2.45) is 11.7 Å². The first kappa shape index (κ1) is 22.4. The molecular weight excluding hydrogens is 420 g/mol. The molecule has 5 N–H and O–H groups in total. The van der Waals surface area contributed by atoms with E-state index in [1.807, 2.05) is 30.3 Å². The number of aryl methyl sites for hydroxylation is 1. The topological polar surface area (TPSA) is 126 Å². The minimum atomic E-state index is -1.30. The number of amides is 3. The van der Waals surface area contributed by atoms with Crippen molar-refractivity contribution >= 4 is 28.8 Å². The van der Waals surface area contributed by atoms with Gasteiger partial charge in [0.05, 0.1) is 0 Å². The van der Waals surface area contributed by atoms with Gasteiger partial charge in [-0.1, -0.05) is 50.2 Å². The van der Waals surface area contributed by atoms with Crippen molar-refractivity contribution in [2.75, 3.05) is 0 Å². The Morgan fingerprint density at radius 3 is 2.45 bits per heavy atom. The van der Waals surface area contributed by atoms with Crippen molar-refractivity contribution in [1.29, 1.82) is 0 Å². The van der Waals surface area contributed by atoms with Crippen LogP contribution in [0.4, 0.5) is 4.79 Å². The molecule has 8 nitrogen and oxygen atoms in total. The van der Waals surface area contributed by atoms with E-state index in [1.165, 1.54) is 0 Å². The Morgan fingerprint density at radius 2 is 1.76 bits per heavy atom. The lowest BCUT2D eigenvalue weighted by Crippen LogP contribution is -2.64. The maximum absolute atomic E-state index is 13.6. The second kappa shape index (κ2) is 8.97. The number of aromatic amines is 1. The third kappa shape index (κ3) is 4.55. The number of hydrogen-bond donors (Lipinski definition) is 4. The summed E-state index contributed by atoms with van der Waals surface area (Å²) in [5, 5.41) is 6.59. The number of aromatic nitrogens is 1. The second-order valence-electron chi connectivity index (χ2n) is 8.81. The predicted molar refractivity (Wildman–Crippen MR) is 125 cm³/mol. The number of ether oxygens (including phenoxy) is 1. The number of nitrogens with two attached hydrogens (primary N) is 1. The number of rotatable bonds is 6. The number of fused-ring (bicyclic) bond motifs is 3. The molecule has 3 amide bonds. The highest BCUT2D eigenvalue weighted by molar-refractivity contribution is 5.96. The number of para-hydroxylation sites is 2. The molecule has 0 spiro atoms. The number of H-pyrrole nitrogens is 1. The highest BCUT2D eigenvalue weighted by atomic mass is 16.6. The van der Waals surface area contributed by atoms with E-state index in [4.69, 9.17) is 10.5 Å². The van der Waals surface area contributed by atoms with E-state index < -0.39 is 29.5 Å². The largest absolute Gasteiger partial charge is 0.413 e. The molecule has 1 heterocycles. The smallest absolute Gasteiger partial charge is 0.410 e. The Balaban J connectivity index is 1.67. The van der Waals surface area contributed by atoms with Gasteiger partial charge in [-0.05, 0) is 42.5 Å². The van der Waals surface area contributed by atoms with E-state index in [-0.39, 0.29) is 12.3 Å². The number of carbonyl (C=O) groups is 3. The molecule has 2 atom stereocenters. The van der Waals surface area contributed by atoms with Crippen LogP contribution in [0.5, 0.6) is 5.75 Å². The van der Waals surface area contributed by atoms with Crippen LogP contribution in [0.15, 0.2) is 54.6 Å². The van der Waals surface area contributed by atoms with Gasteiger partial charge in [0.25, 0.3) is 0 Å². The molecule has 0 radical (unpaired) electrons. The van der Waals surface area contributed by atoms with Crippen molar-refractivity contribution in [2.45, 2.75) is 44.7 Å². The summed E-state index contributed by atoms with van der Waals surface area (Å²) in [6, 6.07) is 15.6. The summed E-state index contributed by atoms with van der Waals surface area (Å²) in [6.45, 7) is 3.61. The van der Waals surface area contributed by atoms with E-state index >= 15 is 0 Å². The monoisotopic (exact) mass is 448 g/mol. The van der Waals surface area contributed by atoms with Gasteiger partial charge in [-0.15, -0.1) is 0 Å². The molecule has 0 fully saturated rings. The SMILES string of the molecule is CC(C)[C@H](NC(=O)[C@@]1(NC(=O)Oc2ccccc2)CCc2[nH]c3ccccc3c2C1)C(N)=O. The molecule has 0 unspecified atom stereocenters. The van der Waals surface area contributed by atoms with Gasteiger partial charge in [0.15, 0.2) is 0 Å². The van der Waals surface area contributed by atoms with E-state index in [2.05, 4.69) is 15.6 Å². The Morgan fingerprint density at radius 1 is 1.06 bits per heavy atom. The summed E-state index contributed by atoms with van der Waals surface area (Å²) in [5.41, 5.74) is 7.20. The summed E-state index contributed by atoms with van der Waals surface area (Å²) in [6.07, 6.45) is 0.406. The van der Waals surface area contributed by atoms with Gasteiger partial charge in [0.1, 0.15) is 17.3 Å². The first-order chi connectivity index (χ1) is 15.8. The number of nitrogens with one attached hydrogen (secondary N) is 3. The third-order valence-electron chi connectivity index (χ3n) is 6.17. The van der Waals surface area contributed by atoms with Gasteiger partial charge < -0.3 is 26.1 Å². The Bertz CT molecular complexity index is 1190. The molecule has 8 heteroatoms. The number of primary amides is 1. The van der Waals surface area contributed by atoms with Gasteiger partial charge >= 0.3 is 6.09 Å². The summed E-state index contributed by atoms with van der Waals surface area (Å²) in [4.78, 5) is 41.8. The molecule has 0 aliphatic heterocycles. The van der Waals surface area contributed by atoms with Gasteiger partial charge in [0.2, 0.25) is 11.8 Å². The summed E-state index contributed by atoms with van der Waals surface area (Å²) < 4.78 is 5.42. The molecule has 0 saturated heterocycles. The predicted octanol–water partition coefficient (Wildman–Crippen LogP) is 2.81. The second-order valence-corrected chi connectivity index (χ2v) is 8.81. The van der Waals surface area contributed by atoms with Crippen molar-refractivity contribution in [3.63, 3.8) is 0 Å². The number of hydrogen-bond acceptors (Lipinski definition) is 4. The molecule has 1 aromatic heterocycles. The molecular formula is C25H28N4O4. The maximum atomic E-state index is 13.6. The normalized spacial score (nSPS) is 18.4. The van der Waals surface area contributed by atoms with Crippen LogP contribution >= 0.6 is 0 Å². The molecule has 3 aromatic rings. The van der Waals surface area contributed by atoms with Crippen LogP contribution in [-0.4, -0.2) is 34.5 Å². The summed E-state index contributed by atoms with van der Waals surface area (Å²) >= 11 is 0. The van der Waals surface area contributed by atoms with Gasteiger partial charge in [-0.2, -0.15) is 0 Å². The zero-order valence-corrected chi connectivity index (χ0v) is 18.7. The van der Waals surface area contributed by atoms with Crippen LogP contribution in [0, 0.1) is 5.92 Å². The molecule has 33 heavy (non-hydrogen) atoms. The molecule has 1 aliphatic carbocycles. The highest BCUT2D eigenvalue weighted by Gasteiger charge is 2.45. The first-order valence-electron chi connectivity index (χ1n) is 11.0. The van der Waals surface area contributed by atoms with E-state index in [9.17, 15) is 14.4 Å². The standard InChI is InChI=1S/C25H28N4O4/c1-15(2)21(22(26)30)28-23(31)25(29-24(32)33-16-8-4-3-5-9-16)13-12-20-18(14-25)17-10-6-7-11-19(17)27-20/h3-11,15,21,27H,12-14H2,1-2H3,(H2,26,30)(H,28,31)(H,29,32)/t21-,25+/m0/s1. The molecule has 172 valence electrons. The first-order valence-corrected chi connectivity index (χ1v) is 11.0. The molecule has 4 rings (SSSR count). The fourth-order valence-electron chi connectivity index (χ4n) is 4.42. The van der Waals surface area contributed by atoms with Gasteiger partial charge in [-0.25, -0.2) is 4.79 Å². The number of carbonyl (C=O) groups excluding carboxylic acids is 3. The average Bonchev–Trinajstić information content (AvgIpc) is 3.15. The van der Waals surface area contributed by atoms with E-state index in [1.54, 1.807) is 38.1 Å². The fraction of sp³-hybridized carbons (Fsp3) is 0.320. The fourth-order valence-corrected chi connectivity index (χ4v) is 4.42. The van der Waals surface area contributed by atoms with Crippen LogP contribution in [0.3, 0.4) is 0 Å². The lowest BCUT2D eigenvalue weighted by molar-refractivity contribution is -0.132.